The van der Waals surface area contributed by atoms with Gasteiger partial charge in [0.05, 0.1) is 0 Å². The summed E-state index contributed by atoms with van der Waals surface area (Å²) >= 11 is 3.09. The van der Waals surface area contributed by atoms with E-state index in [2.05, 4.69) is 20.3 Å². The highest BCUT2D eigenvalue weighted by Crippen LogP contribution is 2.30. The minimum absolute atomic E-state index is 0.0833. The lowest BCUT2D eigenvalue weighted by atomic mass is 9.98. The molecule has 118 valence electrons. The Morgan fingerprint density at radius 1 is 1.41 bits per heavy atom. The first-order chi connectivity index (χ1) is 10.8. The van der Waals surface area contributed by atoms with Crippen LogP contribution in [0.2, 0.25) is 0 Å². The number of hydrogen-bond acceptors (Lipinski definition) is 8. The number of rotatable bonds is 5. The second kappa shape index (κ2) is 7.23. The first-order valence-corrected chi connectivity index (χ1v) is 9.39. The highest BCUT2D eigenvalue weighted by Gasteiger charge is 2.18. The lowest BCUT2D eigenvalue weighted by molar-refractivity contribution is -0.148. The molecule has 0 radical (unpaired) electrons. The molecule has 3 rings (SSSR count). The molecule has 2 heterocycles. The quantitative estimate of drug-likeness (QED) is 0.663. The van der Waals surface area contributed by atoms with Gasteiger partial charge in [0, 0.05) is 0 Å². The molecular weight excluding hydrogens is 320 g/mol. The van der Waals surface area contributed by atoms with Crippen LogP contribution in [0, 0.1) is 0 Å². The third-order valence-electron chi connectivity index (χ3n) is 3.60. The fraction of sp³-hybridized carbons (Fsp3) is 0.571. The molecule has 2 aromatic heterocycles. The Labute approximate surface area is 137 Å². The van der Waals surface area contributed by atoms with Crippen molar-refractivity contribution in [3.8, 4) is 0 Å². The molecule has 0 atom stereocenters. The minimum atomic E-state index is -0.228. The van der Waals surface area contributed by atoms with E-state index < -0.39 is 0 Å². The zero-order valence-electron chi connectivity index (χ0n) is 12.4. The van der Waals surface area contributed by atoms with Gasteiger partial charge in [-0.3, -0.25) is 4.79 Å². The molecule has 0 spiro atoms. The number of nitrogens with zero attached hydrogens (tertiary/aromatic N) is 3. The zero-order chi connectivity index (χ0) is 15.4. The molecule has 2 aromatic rings. The maximum Gasteiger partial charge on any atom is 0.325 e. The number of fused-ring (bicyclic) bond motifs is 1. The largest absolute Gasteiger partial charge is 0.461 e. The minimum Gasteiger partial charge on any atom is -0.461 e. The van der Waals surface area contributed by atoms with Gasteiger partial charge in [-0.05, 0) is 31.9 Å². The highest BCUT2D eigenvalue weighted by molar-refractivity contribution is 8.00. The van der Waals surface area contributed by atoms with Gasteiger partial charge in [0.15, 0.2) is 9.99 Å². The summed E-state index contributed by atoms with van der Waals surface area (Å²) in [5.74, 6) is 0.414. The summed E-state index contributed by atoms with van der Waals surface area (Å²) in [6.07, 6.45) is 9.02. The molecule has 1 aliphatic rings. The van der Waals surface area contributed by atoms with Crippen LogP contribution in [0.3, 0.4) is 0 Å². The van der Waals surface area contributed by atoms with Crippen molar-refractivity contribution in [3.05, 3.63) is 6.33 Å². The summed E-state index contributed by atoms with van der Waals surface area (Å²) in [5.41, 5.74) is 0.660. The molecule has 6 nitrogen and oxygen atoms in total. The molecule has 1 saturated carbocycles. The first-order valence-electron chi connectivity index (χ1n) is 7.35. The van der Waals surface area contributed by atoms with Crippen LogP contribution < -0.4 is 5.32 Å². The Bertz CT molecular complexity index is 655. The van der Waals surface area contributed by atoms with Crippen molar-refractivity contribution in [2.24, 2.45) is 0 Å². The smallest absolute Gasteiger partial charge is 0.325 e. The monoisotopic (exact) mass is 338 g/mol. The van der Waals surface area contributed by atoms with E-state index in [0.717, 1.165) is 34.7 Å². The number of anilines is 1. The van der Waals surface area contributed by atoms with Gasteiger partial charge in [0.1, 0.15) is 29.5 Å². The maximum absolute atomic E-state index is 11.9. The number of aromatic nitrogens is 3. The van der Waals surface area contributed by atoms with Gasteiger partial charge in [-0.25, -0.2) is 15.0 Å². The van der Waals surface area contributed by atoms with Crippen LogP contribution in [0.4, 0.5) is 5.82 Å². The number of thioether (sulfide) groups is 1. The summed E-state index contributed by atoms with van der Waals surface area (Å²) in [6.45, 7) is 0.120. The summed E-state index contributed by atoms with van der Waals surface area (Å²) in [6, 6.07) is 0. The second-order valence-corrected chi connectivity index (χ2v) is 7.21. The van der Waals surface area contributed by atoms with E-state index in [0.29, 0.717) is 11.5 Å². The van der Waals surface area contributed by atoms with Crippen LogP contribution in [0.15, 0.2) is 10.7 Å². The number of hydrogen-bond donors (Lipinski definition) is 1. The SMILES string of the molecule is CSc1nc2ncnc(NCC(=O)OC3CCCCC3)c2s1. The predicted molar refractivity (Wildman–Crippen MR) is 88.4 cm³/mol. The second-order valence-electron chi connectivity index (χ2n) is 5.16. The van der Waals surface area contributed by atoms with Gasteiger partial charge in [-0.15, -0.1) is 11.3 Å². The molecule has 0 bridgehead atoms. The topological polar surface area (TPSA) is 77.0 Å². The number of carbonyl (C=O) groups is 1. The van der Waals surface area contributed by atoms with Gasteiger partial charge in [-0.2, -0.15) is 0 Å². The molecule has 1 fully saturated rings. The average Bonchev–Trinajstić information content (AvgIpc) is 2.97. The Morgan fingerprint density at radius 2 is 2.23 bits per heavy atom. The summed E-state index contributed by atoms with van der Waals surface area (Å²) in [7, 11) is 0. The zero-order valence-corrected chi connectivity index (χ0v) is 14.0. The molecule has 0 amide bonds. The first kappa shape index (κ1) is 15.5. The molecule has 1 aliphatic carbocycles. The fourth-order valence-corrected chi connectivity index (χ4v) is 3.99. The van der Waals surface area contributed by atoms with E-state index >= 15 is 0 Å². The van der Waals surface area contributed by atoms with E-state index in [-0.39, 0.29) is 18.6 Å². The van der Waals surface area contributed by atoms with Gasteiger partial charge >= 0.3 is 5.97 Å². The van der Waals surface area contributed by atoms with E-state index in [9.17, 15) is 4.79 Å². The number of esters is 1. The van der Waals surface area contributed by atoms with E-state index in [1.165, 1.54) is 24.1 Å². The molecule has 0 aliphatic heterocycles. The molecular formula is C14H18N4O2S2. The number of thiazole rings is 1. The van der Waals surface area contributed by atoms with Gasteiger partial charge in [0.2, 0.25) is 0 Å². The van der Waals surface area contributed by atoms with Crippen molar-refractivity contribution < 1.29 is 9.53 Å². The molecule has 0 unspecified atom stereocenters. The third kappa shape index (κ3) is 3.67. The Morgan fingerprint density at radius 3 is 3.00 bits per heavy atom. The standard InChI is InChI=1S/C14H18N4O2S2/c1-21-14-18-13-11(22-14)12(16-8-17-13)15-7-10(19)20-9-5-3-2-4-6-9/h8-9H,2-7H2,1H3,(H,15,16,17). The van der Waals surface area contributed by atoms with Crippen LogP contribution in [-0.2, 0) is 9.53 Å². The lowest BCUT2D eigenvalue weighted by Gasteiger charge is -2.21. The van der Waals surface area contributed by atoms with Crippen LogP contribution in [0.5, 0.6) is 0 Å². The van der Waals surface area contributed by atoms with E-state index in [1.54, 1.807) is 11.8 Å². The van der Waals surface area contributed by atoms with Crippen molar-refractivity contribution in [3.63, 3.8) is 0 Å². The Balaban J connectivity index is 1.61. The van der Waals surface area contributed by atoms with Crippen molar-refractivity contribution in [2.75, 3.05) is 18.1 Å². The van der Waals surface area contributed by atoms with Crippen LogP contribution in [0.1, 0.15) is 32.1 Å². The number of nitrogens with one attached hydrogen (secondary N) is 1. The highest BCUT2D eigenvalue weighted by atomic mass is 32.2. The normalized spacial score (nSPS) is 15.9. The van der Waals surface area contributed by atoms with Crippen molar-refractivity contribution in [1.82, 2.24) is 15.0 Å². The van der Waals surface area contributed by atoms with Gasteiger partial charge in [0.25, 0.3) is 0 Å². The lowest BCUT2D eigenvalue weighted by Crippen LogP contribution is -2.25. The van der Waals surface area contributed by atoms with Crippen LogP contribution in [0.25, 0.3) is 10.3 Å². The summed E-state index contributed by atoms with van der Waals surface area (Å²) < 4.78 is 7.30. The van der Waals surface area contributed by atoms with E-state index in [1.807, 2.05) is 6.26 Å². The van der Waals surface area contributed by atoms with Crippen molar-refractivity contribution in [2.45, 2.75) is 42.5 Å². The van der Waals surface area contributed by atoms with Gasteiger partial charge < -0.3 is 10.1 Å². The van der Waals surface area contributed by atoms with Crippen LogP contribution in [-0.4, -0.2) is 39.8 Å². The average molecular weight is 338 g/mol. The molecule has 22 heavy (non-hydrogen) atoms. The van der Waals surface area contributed by atoms with E-state index in [4.69, 9.17) is 4.74 Å². The van der Waals surface area contributed by atoms with Crippen molar-refractivity contribution >= 4 is 45.2 Å². The third-order valence-corrected chi connectivity index (χ3v) is 5.63. The molecule has 1 N–H and O–H groups in total. The molecule has 0 aromatic carbocycles. The maximum atomic E-state index is 11.9. The van der Waals surface area contributed by atoms with Gasteiger partial charge in [-0.1, -0.05) is 18.2 Å². The Kier molecular flexibility index (Phi) is 5.09. The number of ether oxygens (including phenoxy) is 1. The Hall–Kier alpha value is -1.41. The number of carbonyl (C=O) groups excluding carboxylic acids is 1. The summed E-state index contributed by atoms with van der Waals surface area (Å²) in [5, 5.41) is 3.05. The fourth-order valence-electron chi connectivity index (χ4n) is 2.51. The summed E-state index contributed by atoms with van der Waals surface area (Å²) in [4.78, 5) is 24.7. The molecule has 8 heteroatoms. The van der Waals surface area contributed by atoms with Crippen LogP contribution >= 0.6 is 23.1 Å². The van der Waals surface area contributed by atoms with Crippen molar-refractivity contribution in [1.29, 1.82) is 0 Å². The predicted octanol–water partition coefficient (Wildman–Crippen LogP) is 3.10. The molecule has 0 saturated heterocycles.